The van der Waals surface area contributed by atoms with E-state index < -0.39 is 17.7 Å². The van der Waals surface area contributed by atoms with Gasteiger partial charge in [-0.1, -0.05) is 0 Å². The lowest BCUT2D eigenvalue weighted by molar-refractivity contribution is -0.143. The summed E-state index contributed by atoms with van der Waals surface area (Å²) in [5.74, 6) is -0.930. The van der Waals surface area contributed by atoms with Gasteiger partial charge in [-0.05, 0) is 25.7 Å². The third-order valence-electron chi connectivity index (χ3n) is 3.63. The van der Waals surface area contributed by atoms with Crippen molar-refractivity contribution >= 4 is 5.97 Å². The predicted molar refractivity (Wildman–Crippen MR) is 53.3 cm³/mol. The number of hydrogen-bond donors (Lipinski definition) is 2. The number of aliphatic carboxylic acids is 1. The SMILES string of the molecule is NC1(C(=O)O)CCC(N2CCC(F)C2)C1. The quantitative estimate of drug-likeness (QED) is 0.699. The molecule has 1 saturated heterocycles. The highest BCUT2D eigenvalue weighted by molar-refractivity contribution is 5.79. The van der Waals surface area contributed by atoms with Gasteiger partial charge in [0.05, 0.1) is 0 Å². The van der Waals surface area contributed by atoms with Gasteiger partial charge in [-0.25, -0.2) is 4.39 Å². The first-order valence-electron chi connectivity index (χ1n) is 5.42. The fraction of sp³-hybridized carbons (Fsp3) is 0.900. The molecular formula is C10H17FN2O2. The molecule has 0 aromatic heterocycles. The maximum Gasteiger partial charge on any atom is 0.323 e. The van der Waals surface area contributed by atoms with Gasteiger partial charge in [0.1, 0.15) is 11.7 Å². The van der Waals surface area contributed by atoms with Crippen LogP contribution in [0.1, 0.15) is 25.7 Å². The van der Waals surface area contributed by atoms with Gasteiger partial charge in [0.2, 0.25) is 0 Å². The predicted octanol–water partition coefficient (Wildman–Crippen LogP) is 0.365. The zero-order chi connectivity index (χ0) is 11.1. The van der Waals surface area contributed by atoms with Crippen molar-refractivity contribution < 1.29 is 14.3 Å². The fourth-order valence-corrected chi connectivity index (χ4v) is 2.63. The van der Waals surface area contributed by atoms with E-state index in [1.165, 1.54) is 0 Å². The Balaban J connectivity index is 1.95. The summed E-state index contributed by atoms with van der Waals surface area (Å²) in [6, 6.07) is 0.159. The van der Waals surface area contributed by atoms with Gasteiger partial charge in [0.25, 0.3) is 0 Å². The molecule has 2 fully saturated rings. The van der Waals surface area contributed by atoms with Gasteiger partial charge < -0.3 is 10.8 Å². The number of nitrogens with zero attached hydrogens (tertiary/aromatic N) is 1. The summed E-state index contributed by atoms with van der Waals surface area (Å²) in [5.41, 5.74) is 4.69. The van der Waals surface area contributed by atoms with Crippen molar-refractivity contribution in [3.05, 3.63) is 0 Å². The zero-order valence-electron chi connectivity index (χ0n) is 8.66. The molecule has 3 unspecified atom stereocenters. The number of nitrogens with two attached hydrogens (primary N) is 1. The van der Waals surface area contributed by atoms with E-state index in [4.69, 9.17) is 10.8 Å². The third kappa shape index (κ3) is 1.99. The molecule has 86 valence electrons. The topological polar surface area (TPSA) is 66.6 Å². The van der Waals surface area contributed by atoms with E-state index in [1.54, 1.807) is 0 Å². The van der Waals surface area contributed by atoms with Gasteiger partial charge >= 0.3 is 5.97 Å². The number of alkyl halides is 1. The first-order valence-corrected chi connectivity index (χ1v) is 5.42. The van der Waals surface area contributed by atoms with Crippen LogP contribution in [0, 0.1) is 0 Å². The lowest BCUT2D eigenvalue weighted by Crippen LogP contribution is -2.47. The molecule has 0 radical (unpaired) electrons. The van der Waals surface area contributed by atoms with Crippen molar-refractivity contribution in [3.63, 3.8) is 0 Å². The van der Waals surface area contributed by atoms with Crippen LogP contribution in [0.25, 0.3) is 0 Å². The summed E-state index contributed by atoms with van der Waals surface area (Å²) in [4.78, 5) is 13.0. The summed E-state index contributed by atoms with van der Waals surface area (Å²) in [6.07, 6.45) is 1.55. The first kappa shape index (κ1) is 10.8. The molecule has 15 heavy (non-hydrogen) atoms. The molecule has 0 bridgehead atoms. The molecule has 1 aliphatic carbocycles. The molecule has 3 atom stereocenters. The van der Waals surface area contributed by atoms with Crippen molar-refractivity contribution in [2.45, 2.75) is 43.4 Å². The minimum absolute atomic E-state index is 0.159. The van der Waals surface area contributed by atoms with Gasteiger partial charge in [-0.3, -0.25) is 9.69 Å². The van der Waals surface area contributed by atoms with Gasteiger partial charge in [-0.15, -0.1) is 0 Å². The Hall–Kier alpha value is -0.680. The number of carboxylic acids is 1. The standard InChI is InChI=1S/C10H17FN2O2/c11-7-2-4-13(6-7)8-1-3-10(12,5-8)9(14)15/h7-8H,1-6,12H2,(H,14,15). The van der Waals surface area contributed by atoms with E-state index in [9.17, 15) is 9.18 Å². The first-order chi connectivity index (χ1) is 7.01. The molecular weight excluding hydrogens is 199 g/mol. The molecule has 2 rings (SSSR count). The minimum Gasteiger partial charge on any atom is -0.480 e. The molecule has 5 heteroatoms. The fourth-order valence-electron chi connectivity index (χ4n) is 2.63. The number of likely N-dealkylation sites (tertiary alicyclic amines) is 1. The van der Waals surface area contributed by atoms with Crippen LogP contribution in [0.15, 0.2) is 0 Å². The number of rotatable bonds is 2. The molecule has 0 aromatic rings. The number of carboxylic acid groups (broad SMARTS) is 1. The summed E-state index contributed by atoms with van der Waals surface area (Å²) >= 11 is 0. The zero-order valence-corrected chi connectivity index (χ0v) is 8.66. The largest absolute Gasteiger partial charge is 0.480 e. The van der Waals surface area contributed by atoms with Gasteiger partial charge in [0.15, 0.2) is 0 Å². The summed E-state index contributed by atoms with van der Waals surface area (Å²) in [7, 11) is 0. The maximum atomic E-state index is 13.0. The summed E-state index contributed by atoms with van der Waals surface area (Å²) < 4.78 is 13.0. The second-order valence-corrected chi connectivity index (χ2v) is 4.74. The van der Waals surface area contributed by atoms with E-state index in [-0.39, 0.29) is 6.04 Å². The molecule has 2 aliphatic rings. The van der Waals surface area contributed by atoms with Gasteiger partial charge in [0, 0.05) is 19.1 Å². The number of hydrogen-bond acceptors (Lipinski definition) is 3. The average molecular weight is 216 g/mol. The van der Waals surface area contributed by atoms with E-state index >= 15 is 0 Å². The highest BCUT2D eigenvalue weighted by Gasteiger charge is 2.45. The van der Waals surface area contributed by atoms with Crippen molar-refractivity contribution in [2.75, 3.05) is 13.1 Å². The Morgan fingerprint density at radius 2 is 2.27 bits per heavy atom. The highest BCUT2D eigenvalue weighted by Crippen LogP contribution is 2.33. The second-order valence-electron chi connectivity index (χ2n) is 4.74. The van der Waals surface area contributed by atoms with Crippen molar-refractivity contribution in [3.8, 4) is 0 Å². The lowest BCUT2D eigenvalue weighted by atomic mass is 9.99. The van der Waals surface area contributed by atoms with Crippen LogP contribution in [0.4, 0.5) is 4.39 Å². The Bertz CT molecular complexity index is 274. The van der Waals surface area contributed by atoms with E-state index in [2.05, 4.69) is 0 Å². The molecule has 1 aliphatic heterocycles. The van der Waals surface area contributed by atoms with Gasteiger partial charge in [-0.2, -0.15) is 0 Å². The lowest BCUT2D eigenvalue weighted by Gasteiger charge is -2.24. The smallest absolute Gasteiger partial charge is 0.323 e. The van der Waals surface area contributed by atoms with Crippen LogP contribution in [0.3, 0.4) is 0 Å². The Labute approximate surface area is 88.2 Å². The molecule has 0 spiro atoms. The van der Waals surface area contributed by atoms with Crippen LogP contribution in [0.2, 0.25) is 0 Å². The van der Waals surface area contributed by atoms with Crippen LogP contribution < -0.4 is 5.73 Å². The van der Waals surface area contributed by atoms with Crippen LogP contribution in [0.5, 0.6) is 0 Å². The Kier molecular flexibility index (Phi) is 2.68. The van der Waals surface area contributed by atoms with Crippen molar-refractivity contribution in [1.29, 1.82) is 0 Å². The Morgan fingerprint density at radius 3 is 2.73 bits per heavy atom. The van der Waals surface area contributed by atoms with E-state index in [1.807, 2.05) is 4.90 Å². The average Bonchev–Trinajstić information content (AvgIpc) is 2.73. The highest BCUT2D eigenvalue weighted by atomic mass is 19.1. The molecule has 4 nitrogen and oxygen atoms in total. The number of carbonyl (C=O) groups is 1. The number of halogens is 1. The Morgan fingerprint density at radius 1 is 1.53 bits per heavy atom. The summed E-state index contributed by atoms with van der Waals surface area (Å²) in [5, 5.41) is 8.97. The molecule has 0 aromatic carbocycles. The second kappa shape index (κ2) is 3.72. The normalized spacial score (nSPS) is 42.3. The molecule has 1 heterocycles. The third-order valence-corrected chi connectivity index (χ3v) is 3.63. The van der Waals surface area contributed by atoms with E-state index in [0.717, 1.165) is 13.0 Å². The monoisotopic (exact) mass is 216 g/mol. The minimum atomic E-state index is -1.08. The van der Waals surface area contributed by atoms with E-state index in [0.29, 0.717) is 25.8 Å². The summed E-state index contributed by atoms with van der Waals surface area (Å²) in [6.45, 7) is 1.18. The maximum absolute atomic E-state index is 13.0. The van der Waals surface area contributed by atoms with Crippen molar-refractivity contribution in [2.24, 2.45) is 5.73 Å². The van der Waals surface area contributed by atoms with Crippen LogP contribution >= 0.6 is 0 Å². The van der Waals surface area contributed by atoms with Crippen LogP contribution in [-0.2, 0) is 4.79 Å². The molecule has 0 amide bonds. The van der Waals surface area contributed by atoms with Crippen molar-refractivity contribution in [1.82, 2.24) is 4.90 Å². The molecule has 1 saturated carbocycles. The van der Waals surface area contributed by atoms with Crippen LogP contribution in [-0.4, -0.2) is 46.8 Å². The molecule has 3 N–H and O–H groups in total.